The number of nitrogen functional groups attached to an aromatic ring is 1. The van der Waals surface area contributed by atoms with E-state index in [0.717, 1.165) is 12.8 Å². The third kappa shape index (κ3) is 16.1. The van der Waals surface area contributed by atoms with E-state index in [4.69, 9.17) is 15.0 Å². The maximum Gasteiger partial charge on any atom is 0.328 e. The van der Waals surface area contributed by atoms with Gasteiger partial charge in [0.2, 0.25) is 5.95 Å². The molecule has 4 N–H and O–H groups in total. The van der Waals surface area contributed by atoms with E-state index >= 15 is 0 Å². The fraction of sp³-hybridized carbons (Fsp3) is 0.700. The number of nitrogens with two attached hydrogens (primary N) is 1. The highest BCUT2D eigenvalue weighted by molar-refractivity contribution is 7.52. The summed E-state index contributed by atoms with van der Waals surface area (Å²) in [5, 5.41) is 0. The normalized spacial score (nSPS) is 13.6. The van der Waals surface area contributed by atoms with Gasteiger partial charge >= 0.3 is 7.60 Å². The fourth-order valence-corrected chi connectivity index (χ4v) is 5.47. The predicted molar refractivity (Wildman–Crippen MR) is 167 cm³/mol. The van der Waals surface area contributed by atoms with Gasteiger partial charge in [0.15, 0.2) is 11.2 Å². The Bertz CT molecular complexity index is 1130. The highest BCUT2D eigenvalue weighted by Gasteiger charge is 2.17. The van der Waals surface area contributed by atoms with E-state index in [2.05, 4.69) is 34.0 Å². The number of hydrogen-bond donors (Lipinski definition) is 3. The first-order valence-corrected chi connectivity index (χ1v) is 17.2. The summed E-state index contributed by atoms with van der Waals surface area (Å²) in [5.74, 6) is 0.0265. The molecule has 0 radical (unpaired) electrons. The molecule has 0 aliphatic rings. The third-order valence-corrected chi connectivity index (χ3v) is 8.27. The molecule has 0 aliphatic carbocycles. The van der Waals surface area contributed by atoms with Gasteiger partial charge in [-0.05, 0) is 38.5 Å². The lowest BCUT2D eigenvalue weighted by Crippen LogP contribution is -2.12. The van der Waals surface area contributed by atoms with Gasteiger partial charge in [-0.2, -0.15) is 4.98 Å². The van der Waals surface area contributed by atoms with Gasteiger partial charge in [-0.3, -0.25) is 14.3 Å². The van der Waals surface area contributed by atoms with E-state index in [-0.39, 0.29) is 29.8 Å². The lowest BCUT2D eigenvalue weighted by atomic mass is 10.1. The average Bonchev–Trinajstić information content (AvgIpc) is 3.34. The summed E-state index contributed by atoms with van der Waals surface area (Å²) in [4.78, 5) is 32.4. The molecule has 0 saturated heterocycles. The summed E-state index contributed by atoms with van der Waals surface area (Å²) in [7, 11) is -3.67. The van der Waals surface area contributed by atoms with Gasteiger partial charge in [0.05, 0.1) is 25.7 Å². The van der Waals surface area contributed by atoms with E-state index in [1.165, 1.54) is 83.4 Å². The van der Waals surface area contributed by atoms with Crippen LogP contribution in [-0.2, 0) is 20.4 Å². The molecule has 0 bridgehead atoms. The first-order valence-electron chi connectivity index (χ1n) is 15.5. The molecule has 41 heavy (non-hydrogen) atoms. The molecule has 0 aromatic carbocycles. The smallest absolute Gasteiger partial charge is 0.328 e. The highest BCUT2D eigenvalue weighted by atomic mass is 31.2. The fourth-order valence-electron chi connectivity index (χ4n) is 4.51. The molecular formula is C30H52N5O5P. The van der Waals surface area contributed by atoms with Crippen LogP contribution in [0.1, 0.15) is 103 Å². The highest BCUT2D eigenvalue weighted by Crippen LogP contribution is 2.42. The van der Waals surface area contributed by atoms with Crippen LogP contribution in [0.25, 0.3) is 11.2 Å². The van der Waals surface area contributed by atoms with Crippen LogP contribution in [0.5, 0.6) is 0 Å². The molecule has 1 atom stereocenters. The van der Waals surface area contributed by atoms with Crippen molar-refractivity contribution in [1.82, 2.24) is 19.5 Å². The van der Waals surface area contributed by atoms with Crippen molar-refractivity contribution in [2.75, 3.05) is 31.7 Å². The van der Waals surface area contributed by atoms with Crippen molar-refractivity contribution in [3.05, 3.63) is 41.0 Å². The molecule has 2 rings (SSSR count). The van der Waals surface area contributed by atoms with Crippen molar-refractivity contribution in [2.24, 2.45) is 0 Å². The summed E-state index contributed by atoms with van der Waals surface area (Å²) in [6, 6.07) is 0. The summed E-state index contributed by atoms with van der Waals surface area (Å²) in [6.45, 7) is 3.74. The zero-order chi connectivity index (χ0) is 29.6. The number of anilines is 1. The Hall–Kier alpha value is -2.26. The summed E-state index contributed by atoms with van der Waals surface area (Å²) < 4.78 is 24.6. The van der Waals surface area contributed by atoms with Gasteiger partial charge in [0.25, 0.3) is 5.56 Å². The first-order chi connectivity index (χ1) is 19.9. The second-order valence-electron chi connectivity index (χ2n) is 10.5. The van der Waals surface area contributed by atoms with E-state index in [0.29, 0.717) is 31.8 Å². The summed E-state index contributed by atoms with van der Waals surface area (Å²) in [5.41, 5.74) is 5.82. The molecule has 0 amide bonds. The number of nitrogens with one attached hydrogen (secondary N) is 1. The largest absolute Gasteiger partial charge is 0.379 e. The van der Waals surface area contributed by atoms with Crippen molar-refractivity contribution in [1.29, 1.82) is 0 Å². The van der Waals surface area contributed by atoms with Crippen LogP contribution in [0, 0.1) is 0 Å². The van der Waals surface area contributed by atoms with Crippen LogP contribution in [0.2, 0.25) is 0 Å². The third-order valence-electron chi connectivity index (χ3n) is 6.86. The molecule has 10 nitrogen and oxygen atoms in total. The van der Waals surface area contributed by atoms with Gasteiger partial charge in [-0.15, -0.1) is 0 Å². The number of imidazole rings is 1. The molecule has 2 aromatic rings. The van der Waals surface area contributed by atoms with Crippen molar-refractivity contribution >= 4 is 24.7 Å². The van der Waals surface area contributed by atoms with Crippen molar-refractivity contribution in [3.8, 4) is 0 Å². The Kier molecular flexibility index (Phi) is 18.3. The Labute approximate surface area is 245 Å². The van der Waals surface area contributed by atoms with Gasteiger partial charge in [0.1, 0.15) is 0 Å². The van der Waals surface area contributed by atoms with Gasteiger partial charge in [-0.1, -0.05) is 89.0 Å². The Morgan fingerprint density at radius 3 is 2.24 bits per heavy atom. The predicted octanol–water partition coefficient (Wildman–Crippen LogP) is 6.90. The number of rotatable bonds is 25. The number of aromatic amines is 1. The van der Waals surface area contributed by atoms with Crippen LogP contribution in [0.4, 0.5) is 5.95 Å². The molecule has 1 unspecified atom stereocenters. The van der Waals surface area contributed by atoms with Crippen molar-refractivity contribution < 1.29 is 18.7 Å². The number of H-pyrrole nitrogens is 1. The standard InChI is InChI=1S/C30H52N5O5P/c1-2-3-4-5-6-7-8-9-10-11-12-13-14-15-16-19-22-39-23-24-40-41(37,38)25-20-17-18-21-35-26-32-27-28(35)33-30(31)34-29(27)36/h9-10,17-18,26H,2-8,11-16,19-25H2,1H3,(H,37,38)(H3,31,33,34,36). The Balaban J connectivity index is 1.38. The molecule has 232 valence electrons. The van der Waals surface area contributed by atoms with Crippen LogP contribution in [0.15, 0.2) is 35.4 Å². The summed E-state index contributed by atoms with van der Waals surface area (Å²) in [6.07, 6.45) is 28.0. The number of nitrogens with zero attached hydrogens (tertiary/aromatic N) is 3. The number of fused-ring (bicyclic) bond motifs is 1. The second-order valence-corrected chi connectivity index (χ2v) is 12.5. The zero-order valence-corrected chi connectivity index (χ0v) is 25.9. The number of aromatic nitrogens is 4. The Morgan fingerprint density at radius 1 is 0.902 bits per heavy atom. The average molecular weight is 594 g/mol. The topological polar surface area (TPSA) is 145 Å². The van der Waals surface area contributed by atoms with Gasteiger partial charge in [0, 0.05) is 13.2 Å². The van der Waals surface area contributed by atoms with E-state index in [9.17, 15) is 14.3 Å². The number of unbranched alkanes of at least 4 members (excludes halogenated alkanes) is 12. The van der Waals surface area contributed by atoms with E-state index in [1.807, 2.05) is 6.08 Å². The minimum atomic E-state index is -3.67. The van der Waals surface area contributed by atoms with E-state index in [1.54, 1.807) is 10.6 Å². The second kappa shape index (κ2) is 21.4. The number of ether oxygens (including phenoxy) is 1. The monoisotopic (exact) mass is 593 g/mol. The van der Waals surface area contributed by atoms with E-state index < -0.39 is 7.60 Å². The zero-order valence-electron chi connectivity index (χ0n) is 25.0. The molecule has 0 saturated carbocycles. The SMILES string of the molecule is CCCCCCCCC=CCCCCCCCCOCCOP(=O)(O)CCC=CCn1cnc2c(=O)[nH]c(N)nc21. The minimum absolute atomic E-state index is 0.0218. The molecule has 0 spiro atoms. The van der Waals surface area contributed by atoms with Crippen LogP contribution < -0.4 is 11.3 Å². The molecule has 11 heteroatoms. The maximum absolute atomic E-state index is 12.2. The maximum atomic E-state index is 12.2. The lowest BCUT2D eigenvalue weighted by molar-refractivity contribution is 0.0926. The van der Waals surface area contributed by atoms with Crippen molar-refractivity contribution in [3.63, 3.8) is 0 Å². The first kappa shape index (κ1) is 34.9. The number of allylic oxidation sites excluding steroid dienone is 4. The van der Waals surface area contributed by atoms with Crippen molar-refractivity contribution in [2.45, 2.75) is 110 Å². The molecule has 0 aliphatic heterocycles. The molecule has 2 heterocycles. The van der Waals surface area contributed by atoms with Crippen LogP contribution in [0.3, 0.4) is 0 Å². The summed E-state index contributed by atoms with van der Waals surface area (Å²) >= 11 is 0. The molecule has 0 fully saturated rings. The van der Waals surface area contributed by atoms with Gasteiger partial charge in [-0.25, -0.2) is 4.98 Å². The minimum Gasteiger partial charge on any atom is -0.379 e. The lowest BCUT2D eigenvalue weighted by Gasteiger charge is -2.11. The molecular weight excluding hydrogens is 541 g/mol. The van der Waals surface area contributed by atoms with Crippen LogP contribution >= 0.6 is 7.60 Å². The number of hydrogen-bond acceptors (Lipinski definition) is 7. The molecule has 2 aromatic heterocycles. The van der Waals surface area contributed by atoms with Crippen LogP contribution in [-0.4, -0.2) is 50.4 Å². The van der Waals surface area contributed by atoms with Gasteiger partial charge < -0.3 is 24.5 Å². The Morgan fingerprint density at radius 2 is 1.54 bits per heavy atom. The quantitative estimate of drug-likeness (QED) is 0.0640.